The molecular formula is C28H25F6N3O2. The highest BCUT2D eigenvalue weighted by molar-refractivity contribution is 5.79. The van der Waals surface area contributed by atoms with Gasteiger partial charge in [-0.15, -0.1) is 0 Å². The lowest BCUT2D eigenvalue weighted by Crippen LogP contribution is -2.61. The summed E-state index contributed by atoms with van der Waals surface area (Å²) in [4.78, 5) is 16.6. The van der Waals surface area contributed by atoms with Gasteiger partial charge in [-0.25, -0.2) is 13.2 Å². The molecule has 5 nitrogen and oxygen atoms in total. The standard InChI is InChI=1S/C28H25F6N3O2/c29-19-2-4-22(5-3-19)35-12-18-13-36(26(39)8-17-1-6-25(38)24(7-17)28(32,33)34)14-27(18)15-37(16-27)23-10-20(30)9-21(31)11-23/h1-7,9-11,18,35,38H,8,12-16H2. The first-order valence-corrected chi connectivity index (χ1v) is 12.3. The number of hydrogen-bond donors (Lipinski definition) is 2. The first-order chi connectivity index (χ1) is 18.4. The number of nitrogens with zero attached hydrogens (tertiary/aromatic N) is 2. The van der Waals surface area contributed by atoms with Crippen molar-refractivity contribution in [2.45, 2.75) is 12.6 Å². The van der Waals surface area contributed by atoms with Crippen LogP contribution < -0.4 is 10.2 Å². The number of hydrogen-bond acceptors (Lipinski definition) is 4. The lowest BCUT2D eigenvalue weighted by Gasteiger charge is -2.52. The zero-order valence-electron chi connectivity index (χ0n) is 20.6. The molecule has 39 heavy (non-hydrogen) atoms. The van der Waals surface area contributed by atoms with Crippen LogP contribution in [0.15, 0.2) is 60.7 Å². The first kappa shape index (κ1) is 26.7. The smallest absolute Gasteiger partial charge is 0.419 e. The molecule has 2 saturated heterocycles. The highest BCUT2D eigenvalue weighted by atomic mass is 19.4. The van der Waals surface area contributed by atoms with Crippen molar-refractivity contribution in [1.82, 2.24) is 4.90 Å². The summed E-state index contributed by atoms with van der Waals surface area (Å²) >= 11 is 0. The minimum Gasteiger partial charge on any atom is -0.507 e. The Balaban J connectivity index is 1.33. The Morgan fingerprint density at radius 2 is 1.59 bits per heavy atom. The lowest BCUT2D eigenvalue weighted by molar-refractivity contribution is -0.139. The highest BCUT2D eigenvalue weighted by Gasteiger charge is 2.55. The summed E-state index contributed by atoms with van der Waals surface area (Å²) in [6, 6.07) is 12.1. The lowest BCUT2D eigenvalue weighted by atomic mass is 9.71. The molecule has 0 bridgehead atoms. The van der Waals surface area contributed by atoms with Gasteiger partial charge in [-0.3, -0.25) is 4.79 Å². The molecule has 1 unspecified atom stereocenters. The van der Waals surface area contributed by atoms with E-state index in [0.29, 0.717) is 44.1 Å². The number of amides is 1. The maximum absolute atomic E-state index is 13.8. The van der Waals surface area contributed by atoms with Crippen molar-refractivity contribution in [2.24, 2.45) is 11.3 Å². The summed E-state index contributed by atoms with van der Waals surface area (Å²) in [5, 5.41) is 12.8. The third-order valence-corrected chi connectivity index (χ3v) is 7.51. The molecule has 3 aromatic carbocycles. The quantitative estimate of drug-likeness (QED) is 0.402. The number of carbonyl (C=O) groups excluding carboxylic acids is 1. The average Bonchev–Trinajstić information content (AvgIpc) is 3.23. The first-order valence-electron chi connectivity index (χ1n) is 12.3. The van der Waals surface area contributed by atoms with E-state index in [-0.39, 0.29) is 29.6 Å². The van der Waals surface area contributed by atoms with Crippen LogP contribution in [0.25, 0.3) is 0 Å². The Hall–Kier alpha value is -3.89. The predicted molar refractivity (Wildman–Crippen MR) is 133 cm³/mol. The van der Waals surface area contributed by atoms with Crippen LogP contribution in [0.5, 0.6) is 5.75 Å². The molecule has 5 rings (SSSR count). The third-order valence-electron chi connectivity index (χ3n) is 7.51. The van der Waals surface area contributed by atoms with E-state index in [1.807, 2.05) is 4.90 Å². The van der Waals surface area contributed by atoms with E-state index in [2.05, 4.69) is 5.32 Å². The van der Waals surface area contributed by atoms with Gasteiger partial charge < -0.3 is 20.2 Å². The van der Waals surface area contributed by atoms with Crippen LogP contribution in [0, 0.1) is 28.8 Å². The molecule has 206 valence electrons. The van der Waals surface area contributed by atoms with E-state index in [4.69, 9.17) is 0 Å². The van der Waals surface area contributed by atoms with E-state index in [0.717, 1.165) is 18.2 Å². The van der Waals surface area contributed by atoms with Crippen molar-refractivity contribution in [3.05, 3.63) is 89.2 Å². The van der Waals surface area contributed by atoms with Crippen LogP contribution in [0.2, 0.25) is 0 Å². The minimum absolute atomic E-state index is 0.0910. The second kappa shape index (κ2) is 10.0. The topological polar surface area (TPSA) is 55.8 Å². The summed E-state index contributed by atoms with van der Waals surface area (Å²) in [6.45, 7) is 1.92. The number of phenolic OH excluding ortho intramolecular Hbond substituents is 1. The largest absolute Gasteiger partial charge is 0.507 e. The van der Waals surface area contributed by atoms with E-state index in [1.165, 1.54) is 30.3 Å². The van der Waals surface area contributed by atoms with Crippen molar-refractivity contribution in [3.8, 4) is 5.75 Å². The molecule has 2 heterocycles. The fourth-order valence-corrected chi connectivity index (χ4v) is 5.50. The Bertz CT molecular complexity index is 1350. The molecule has 1 amide bonds. The Labute approximate surface area is 220 Å². The number of benzene rings is 3. The fourth-order valence-electron chi connectivity index (χ4n) is 5.50. The number of likely N-dealkylation sites (tertiary alicyclic amines) is 1. The minimum atomic E-state index is -4.76. The summed E-state index contributed by atoms with van der Waals surface area (Å²) in [7, 11) is 0. The Morgan fingerprint density at radius 1 is 0.923 bits per heavy atom. The van der Waals surface area contributed by atoms with Crippen LogP contribution in [0.3, 0.4) is 0 Å². The molecule has 0 saturated carbocycles. The molecule has 2 fully saturated rings. The molecule has 2 N–H and O–H groups in total. The molecule has 0 aromatic heterocycles. The third kappa shape index (κ3) is 5.62. The van der Waals surface area contributed by atoms with Gasteiger partial charge in [0.05, 0.1) is 12.0 Å². The van der Waals surface area contributed by atoms with Gasteiger partial charge in [0.1, 0.15) is 23.2 Å². The van der Waals surface area contributed by atoms with Gasteiger partial charge in [0, 0.05) is 61.5 Å². The molecule has 2 aliphatic rings. The predicted octanol–water partition coefficient (Wildman–Crippen LogP) is 5.45. The number of alkyl halides is 3. The average molecular weight is 550 g/mol. The fraction of sp³-hybridized carbons (Fsp3) is 0.321. The second-order valence-electron chi connectivity index (χ2n) is 10.2. The van der Waals surface area contributed by atoms with E-state index in [9.17, 15) is 36.2 Å². The normalized spacial score (nSPS) is 18.4. The Kier molecular flexibility index (Phi) is 6.86. The van der Waals surface area contributed by atoms with E-state index < -0.39 is 34.5 Å². The van der Waals surface area contributed by atoms with Gasteiger partial charge >= 0.3 is 6.18 Å². The summed E-state index contributed by atoms with van der Waals surface area (Å²) in [5.41, 5.74) is -0.431. The van der Waals surface area contributed by atoms with Crippen molar-refractivity contribution in [2.75, 3.05) is 42.9 Å². The molecule has 3 aromatic rings. The maximum Gasteiger partial charge on any atom is 0.419 e. The highest BCUT2D eigenvalue weighted by Crippen LogP contribution is 2.46. The zero-order valence-corrected chi connectivity index (χ0v) is 20.6. The molecule has 1 atom stereocenters. The van der Waals surface area contributed by atoms with Gasteiger partial charge in [0.25, 0.3) is 0 Å². The van der Waals surface area contributed by atoms with Crippen molar-refractivity contribution in [1.29, 1.82) is 0 Å². The summed E-state index contributed by atoms with van der Waals surface area (Å²) < 4.78 is 80.5. The molecular weight excluding hydrogens is 524 g/mol. The van der Waals surface area contributed by atoms with Gasteiger partial charge in [0.2, 0.25) is 5.91 Å². The number of rotatable bonds is 6. The monoisotopic (exact) mass is 549 g/mol. The second-order valence-corrected chi connectivity index (χ2v) is 10.2. The van der Waals surface area contributed by atoms with Crippen LogP contribution in [-0.2, 0) is 17.4 Å². The van der Waals surface area contributed by atoms with Gasteiger partial charge in [0.15, 0.2) is 0 Å². The van der Waals surface area contributed by atoms with Crippen LogP contribution in [0.4, 0.5) is 37.7 Å². The van der Waals surface area contributed by atoms with Crippen molar-refractivity contribution >= 4 is 17.3 Å². The molecule has 11 heteroatoms. The van der Waals surface area contributed by atoms with Crippen LogP contribution >= 0.6 is 0 Å². The SMILES string of the molecule is O=C(Cc1ccc(O)c(C(F)(F)F)c1)N1CC(CNc2ccc(F)cc2)C2(C1)CN(c1cc(F)cc(F)c1)C2. The summed E-state index contributed by atoms with van der Waals surface area (Å²) in [6.07, 6.45) is -5.04. The maximum atomic E-state index is 13.8. The van der Waals surface area contributed by atoms with E-state index >= 15 is 0 Å². The Morgan fingerprint density at radius 3 is 2.23 bits per heavy atom. The van der Waals surface area contributed by atoms with Crippen molar-refractivity contribution in [3.63, 3.8) is 0 Å². The number of aromatic hydroxyl groups is 1. The van der Waals surface area contributed by atoms with Gasteiger partial charge in [-0.1, -0.05) is 6.07 Å². The van der Waals surface area contributed by atoms with Gasteiger partial charge in [-0.05, 0) is 54.1 Å². The molecule has 0 radical (unpaired) electrons. The van der Waals surface area contributed by atoms with Crippen molar-refractivity contribution < 1.29 is 36.2 Å². The molecule has 1 spiro atoms. The number of nitrogens with one attached hydrogen (secondary N) is 1. The summed E-state index contributed by atoms with van der Waals surface area (Å²) in [5.74, 6) is -3.14. The van der Waals surface area contributed by atoms with E-state index in [1.54, 1.807) is 17.0 Å². The van der Waals surface area contributed by atoms with Gasteiger partial charge in [-0.2, -0.15) is 13.2 Å². The number of anilines is 2. The molecule has 0 aliphatic carbocycles. The number of phenols is 1. The number of halogens is 6. The van der Waals surface area contributed by atoms with Crippen LogP contribution in [0.1, 0.15) is 11.1 Å². The molecule has 2 aliphatic heterocycles. The number of carbonyl (C=O) groups is 1. The van der Waals surface area contributed by atoms with Crippen LogP contribution in [-0.4, -0.2) is 48.6 Å². The zero-order chi connectivity index (χ0) is 27.9.